The third-order valence-electron chi connectivity index (χ3n) is 4.20. The first kappa shape index (κ1) is 20.6. The van der Waals surface area contributed by atoms with Gasteiger partial charge in [0.05, 0.1) is 24.2 Å². The van der Waals surface area contributed by atoms with Crippen LogP contribution in [0.4, 0.5) is 19.0 Å². The van der Waals surface area contributed by atoms with Crippen molar-refractivity contribution in [2.45, 2.75) is 33.0 Å². The fourth-order valence-corrected chi connectivity index (χ4v) is 2.96. The molecule has 3 heterocycles. The number of hydrogen-bond donors (Lipinski definition) is 2. The summed E-state index contributed by atoms with van der Waals surface area (Å²) in [5.41, 5.74) is 2.77. The number of pyridine rings is 2. The second-order valence-electron chi connectivity index (χ2n) is 6.63. The van der Waals surface area contributed by atoms with Crippen LogP contribution in [0.25, 0.3) is 10.9 Å². The lowest BCUT2D eigenvalue weighted by Gasteiger charge is -2.12. The monoisotopic (exact) mass is 406 g/mol. The van der Waals surface area contributed by atoms with Gasteiger partial charge in [0.1, 0.15) is 12.4 Å². The highest BCUT2D eigenvalue weighted by Gasteiger charge is 2.27. The molecule has 0 radical (unpaired) electrons. The minimum atomic E-state index is -4.30. The van der Waals surface area contributed by atoms with E-state index in [-0.39, 0.29) is 18.1 Å². The fraction of sp³-hybridized carbons (Fsp3) is 0.368. The number of carbonyl (C=O) groups is 1. The first-order valence-electron chi connectivity index (χ1n) is 9.09. The Bertz CT molecular complexity index is 1010. The van der Waals surface area contributed by atoms with E-state index in [4.69, 9.17) is 0 Å². The lowest BCUT2D eigenvalue weighted by atomic mass is 10.2. The number of hydrogen-bond acceptors (Lipinski definition) is 5. The molecule has 0 spiro atoms. The van der Waals surface area contributed by atoms with Gasteiger partial charge in [0.2, 0.25) is 5.91 Å². The van der Waals surface area contributed by atoms with E-state index >= 15 is 0 Å². The van der Waals surface area contributed by atoms with Crippen LogP contribution in [-0.2, 0) is 17.8 Å². The van der Waals surface area contributed by atoms with E-state index in [1.54, 1.807) is 29.9 Å². The summed E-state index contributed by atoms with van der Waals surface area (Å²) in [5.74, 6) is 0.0899. The molecule has 10 heteroatoms. The van der Waals surface area contributed by atoms with Crippen molar-refractivity contribution in [3.05, 3.63) is 47.5 Å². The number of aromatic nitrogens is 4. The van der Waals surface area contributed by atoms with E-state index in [0.717, 1.165) is 10.9 Å². The van der Waals surface area contributed by atoms with E-state index in [2.05, 4.69) is 25.7 Å². The Morgan fingerprint density at radius 1 is 1.28 bits per heavy atom. The average molecular weight is 406 g/mol. The fourth-order valence-electron chi connectivity index (χ4n) is 2.96. The Hall–Kier alpha value is -3.17. The summed E-state index contributed by atoms with van der Waals surface area (Å²) in [6, 6.07) is 3.53. The molecule has 29 heavy (non-hydrogen) atoms. The van der Waals surface area contributed by atoms with Crippen LogP contribution in [0.5, 0.6) is 0 Å². The quantitative estimate of drug-likeness (QED) is 0.630. The Morgan fingerprint density at radius 3 is 2.76 bits per heavy atom. The summed E-state index contributed by atoms with van der Waals surface area (Å²) in [4.78, 5) is 20.3. The standard InChI is InChI=1S/C19H21F3N6O/c1-3-23-17(29)7-16-14-10-28(27-15(14)4-5-24-16)9-13-6-12(2)18(25-8-13)26-11-19(20,21)22/h4-6,8,10H,3,7,9,11H2,1-2H3,(H,23,29)(H,25,26). The van der Waals surface area contributed by atoms with Crippen molar-refractivity contribution in [2.24, 2.45) is 0 Å². The van der Waals surface area contributed by atoms with Crippen LogP contribution in [0.15, 0.2) is 30.7 Å². The predicted octanol–water partition coefficient (Wildman–Crippen LogP) is 2.84. The van der Waals surface area contributed by atoms with Crippen LogP contribution in [-0.4, -0.2) is 44.9 Å². The summed E-state index contributed by atoms with van der Waals surface area (Å²) >= 11 is 0. The van der Waals surface area contributed by atoms with Gasteiger partial charge in [0, 0.05) is 30.5 Å². The summed E-state index contributed by atoms with van der Waals surface area (Å²) in [7, 11) is 0. The summed E-state index contributed by atoms with van der Waals surface area (Å²) in [5, 5.41) is 10.3. The number of amides is 1. The molecular formula is C19H21F3N6O. The van der Waals surface area contributed by atoms with E-state index < -0.39 is 12.7 Å². The molecule has 0 aliphatic carbocycles. The largest absolute Gasteiger partial charge is 0.405 e. The Labute approximate surface area is 165 Å². The van der Waals surface area contributed by atoms with Crippen molar-refractivity contribution in [3.8, 4) is 0 Å². The SMILES string of the molecule is CCNC(=O)Cc1nccc2nn(Cc3cnc(NCC(F)(F)F)c(C)c3)cc12. The molecule has 0 aliphatic rings. The molecule has 0 aliphatic heterocycles. The maximum Gasteiger partial charge on any atom is 0.405 e. The maximum absolute atomic E-state index is 12.4. The Kier molecular flexibility index (Phi) is 6.00. The van der Waals surface area contributed by atoms with Crippen LogP contribution >= 0.6 is 0 Å². The number of carbonyl (C=O) groups excluding carboxylic acids is 1. The molecule has 3 rings (SSSR count). The number of likely N-dealkylation sites (N-methyl/N-ethyl adjacent to an activating group) is 1. The molecule has 154 valence electrons. The number of nitrogens with one attached hydrogen (secondary N) is 2. The minimum Gasteiger partial charge on any atom is -0.361 e. The molecule has 1 amide bonds. The zero-order valence-corrected chi connectivity index (χ0v) is 16.0. The second-order valence-corrected chi connectivity index (χ2v) is 6.63. The van der Waals surface area contributed by atoms with Gasteiger partial charge in [-0.3, -0.25) is 14.5 Å². The molecule has 0 saturated heterocycles. The first-order chi connectivity index (χ1) is 13.7. The van der Waals surface area contributed by atoms with Crippen molar-refractivity contribution in [3.63, 3.8) is 0 Å². The van der Waals surface area contributed by atoms with Gasteiger partial charge in [0.15, 0.2) is 0 Å². The molecule has 2 N–H and O–H groups in total. The molecule has 0 fully saturated rings. The number of anilines is 1. The maximum atomic E-state index is 12.4. The van der Waals surface area contributed by atoms with Crippen LogP contribution in [0.1, 0.15) is 23.7 Å². The zero-order valence-electron chi connectivity index (χ0n) is 16.0. The molecule has 0 unspecified atom stereocenters. The molecule has 0 atom stereocenters. The molecule has 3 aromatic heterocycles. The molecule has 7 nitrogen and oxygen atoms in total. The number of aryl methyl sites for hydroxylation is 1. The van der Waals surface area contributed by atoms with Crippen molar-refractivity contribution < 1.29 is 18.0 Å². The van der Waals surface area contributed by atoms with E-state index in [9.17, 15) is 18.0 Å². The van der Waals surface area contributed by atoms with Crippen LogP contribution in [0, 0.1) is 6.92 Å². The summed E-state index contributed by atoms with van der Waals surface area (Å²) < 4.78 is 38.8. The predicted molar refractivity (Wildman–Crippen MR) is 103 cm³/mol. The minimum absolute atomic E-state index is 0.109. The van der Waals surface area contributed by atoms with Gasteiger partial charge in [-0.2, -0.15) is 18.3 Å². The van der Waals surface area contributed by atoms with Crippen LogP contribution < -0.4 is 10.6 Å². The van der Waals surface area contributed by atoms with E-state index in [1.165, 1.54) is 6.20 Å². The first-order valence-corrected chi connectivity index (χ1v) is 9.09. The molecular weight excluding hydrogens is 385 g/mol. The second kappa shape index (κ2) is 8.46. The van der Waals surface area contributed by atoms with Crippen molar-refractivity contribution in [1.82, 2.24) is 25.1 Å². The zero-order chi connectivity index (χ0) is 21.0. The third-order valence-corrected chi connectivity index (χ3v) is 4.20. The number of alkyl halides is 3. The molecule has 0 aromatic carbocycles. The third kappa shape index (κ3) is 5.43. The van der Waals surface area contributed by atoms with Crippen molar-refractivity contribution in [2.75, 3.05) is 18.4 Å². The van der Waals surface area contributed by atoms with Gasteiger partial charge in [-0.25, -0.2) is 4.98 Å². The van der Waals surface area contributed by atoms with E-state index in [0.29, 0.717) is 29.9 Å². The smallest absolute Gasteiger partial charge is 0.361 e. The van der Waals surface area contributed by atoms with E-state index in [1.807, 2.05) is 13.1 Å². The Morgan fingerprint density at radius 2 is 2.07 bits per heavy atom. The number of rotatable bonds is 7. The molecule has 0 saturated carbocycles. The van der Waals surface area contributed by atoms with Gasteiger partial charge in [0.25, 0.3) is 0 Å². The highest BCUT2D eigenvalue weighted by atomic mass is 19.4. The lowest BCUT2D eigenvalue weighted by molar-refractivity contribution is -0.120. The van der Waals surface area contributed by atoms with Crippen molar-refractivity contribution in [1.29, 1.82) is 0 Å². The molecule has 3 aromatic rings. The average Bonchev–Trinajstić information content (AvgIpc) is 3.04. The normalized spacial score (nSPS) is 11.6. The van der Waals surface area contributed by atoms with Gasteiger partial charge >= 0.3 is 6.18 Å². The van der Waals surface area contributed by atoms with Gasteiger partial charge in [-0.1, -0.05) is 0 Å². The van der Waals surface area contributed by atoms with Gasteiger partial charge in [-0.05, 0) is 37.1 Å². The summed E-state index contributed by atoms with van der Waals surface area (Å²) in [6.45, 7) is 3.36. The van der Waals surface area contributed by atoms with Crippen molar-refractivity contribution >= 4 is 22.6 Å². The number of nitrogens with zero attached hydrogens (tertiary/aromatic N) is 4. The van der Waals surface area contributed by atoms with Gasteiger partial charge in [-0.15, -0.1) is 0 Å². The Balaban J connectivity index is 1.76. The van der Waals surface area contributed by atoms with Crippen LogP contribution in [0.2, 0.25) is 0 Å². The highest BCUT2D eigenvalue weighted by Crippen LogP contribution is 2.20. The lowest BCUT2D eigenvalue weighted by Crippen LogP contribution is -2.24. The summed E-state index contributed by atoms with van der Waals surface area (Å²) in [6.07, 6.45) is 0.799. The highest BCUT2D eigenvalue weighted by molar-refractivity contribution is 5.86. The molecule has 0 bridgehead atoms. The number of halogens is 3. The van der Waals surface area contributed by atoms with Gasteiger partial charge < -0.3 is 10.6 Å². The van der Waals surface area contributed by atoms with Crippen LogP contribution in [0.3, 0.4) is 0 Å². The number of fused-ring (bicyclic) bond motifs is 1. The topological polar surface area (TPSA) is 84.7 Å².